The summed E-state index contributed by atoms with van der Waals surface area (Å²) in [5, 5.41) is 8.89. The average molecular weight is 186 g/mol. The van der Waals surface area contributed by atoms with Gasteiger partial charge in [-0.25, -0.2) is 4.98 Å². The van der Waals surface area contributed by atoms with E-state index in [9.17, 15) is 0 Å². The van der Waals surface area contributed by atoms with Crippen LogP contribution < -0.4 is 5.73 Å². The zero-order chi connectivity index (χ0) is 10.1. The van der Waals surface area contributed by atoms with E-state index in [1.807, 2.05) is 13.0 Å². The Bertz CT molecular complexity index is 519. The number of nitrogens with zero attached hydrogens (tertiary/aromatic N) is 3. The number of rotatable bonds is 1. The number of fused-ring (bicyclic) bond motifs is 1. The van der Waals surface area contributed by atoms with Crippen LogP contribution in [0.1, 0.15) is 18.2 Å². The molecule has 0 aromatic carbocycles. The summed E-state index contributed by atoms with van der Waals surface area (Å²) in [5.74, 6) is 0.506. The number of imidazole rings is 1. The van der Waals surface area contributed by atoms with Crippen molar-refractivity contribution in [3.63, 3.8) is 0 Å². The molecule has 0 aliphatic carbocycles. The van der Waals surface area contributed by atoms with Gasteiger partial charge in [0.05, 0.1) is 6.20 Å². The minimum atomic E-state index is 0.506. The van der Waals surface area contributed by atoms with Gasteiger partial charge in [0.25, 0.3) is 0 Å². The maximum Gasteiger partial charge on any atom is 0.142 e. The molecule has 14 heavy (non-hydrogen) atoms. The molecule has 0 aliphatic heterocycles. The first-order valence-corrected chi connectivity index (χ1v) is 4.42. The van der Waals surface area contributed by atoms with Gasteiger partial charge in [-0.1, -0.05) is 13.0 Å². The van der Waals surface area contributed by atoms with Gasteiger partial charge < -0.3 is 5.73 Å². The Balaban J connectivity index is 2.89. The molecule has 0 amide bonds. The van der Waals surface area contributed by atoms with E-state index in [4.69, 9.17) is 11.0 Å². The number of nitrogens with two attached hydrogens (primary N) is 1. The van der Waals surface area contributed by atoms with Crippen LogP contribution in [0, 0.1) is 11.3 Å². The van der Waals surface area contributed by atoms with Crippen molar-refractivity contribution in [3.05, 3.63) is 29.6 Å². The first-order chi connectivity index (χ1) is 6.77. The number of hydrogen-bond acceptors (Lipinski definition) is 3. The van der Waals surface area contributed by atoms with Crippen molar-refractivity contribution in [3.8, 4) is 6.07 Å². The molecule has 0 saturated heterocycles. The van der Waals surface area contributed by atoms with Crippen molar-refractivity contribution in [1.29, 1.82) is 5.26 Å². The van der Waals surface area contributed by atoms with E-state index in [2.05, 4.69) is 11.1 Å². The molecule has 70 valence electrons. The molecular formula is C10H10N4. The van der Waals surface area contributed by atoms with Crippen LogP contribution in [-0.2, 0) is 6.42 Å². The van der Waals surface area contributed by atoms with Gasteiger partial charge in [-0.3, -0.25) is 4.40 Å². The SMILES string of the molecule is CCc1ccc(C#N)n2c(N)cnc12. The van der Waals surface area contributed by atoms with Gasteiger partial charge in [0.2, 0.25) is 0 Å². The van der Waals surface area contributed by atoms with Crippen molar-refractivity contribution in [1.82, 2.24) is 9.38 Å². The Labute approximate surface area is 81.6 Å². The van der Waals surface area contributed by atoms with E-state index in [1.165, 1.54) is 0 Å². The van der Waals surface area contributed by atoms with E-state index in [0.29, 0.717) is 11.5 Å². The lowest BCUT2D eigenvalue weighted by atomic mass is 10.2. The van der Waals surface area contributed by atoms with Crippen LogP contribution in [0.15, 0.2) is 18.3 Å². The average Bonchev–Trinajstić information content (AvgIpc) is 2.60. The molecule has 0 bridgehead atoms. The number of nitrogen functional groups attached to an aromatic ring is 1. The Kier molecular flexibility index (Phi) is 1.86. The number of hydrogen-bond donors (Lipinski definition) is 1. The topological polar surface area (TPSA) is 67.1 Å². The minimum absolute atomic E-state index is 0.506. The molecule has 4 heteroatoms. The standard InChI is InChI=1S/C10H10N4/c1-2-7-3-4-8(5-11)14-9(12)6-13-10(7)14/h3-4,6H,2,12H2,1H3. The molecule has 2 N–H and O–H groups in total. The minimum Gasteiger partial charge on any atom is -0.383 e. The van der Waals surface area contributed by atoms with Crippen LogP contribution >= 0.6 is 0 Å². The highest BCUT2D eigenvalue weighted by molar-refractivity contribution is 5.57. The monoisotopic (exact) mass is 186 g/mol. The number of anilines is 1. The summed E-state index contributed by atoms with van der Waals surface area (Å²) >= 11 is 0. The molecule has 2 aromatic heterocycles. The molecule has 4 nitrogen and oxygen atoms in total. The Morgan fingerprint density at radius 1 is 1.57 bits per heavy atom. The van der Waals surface area contributed by atoms with Crippen molar-refractivity contribution >= 4 is 11.5 Å². The molecule has 0 unspecified atom stereocenters. The van der Waals surface area contributed by atoms with Crippen LogP contribution in [0.3, 0.4) is 0 Å². The maximum absolute atomic E-state index is 8.89. The molecule has 2 rings (SSSR count). The van der Waals surface area contributed by atoms with Gasteiger partial charge in [-0.2, -0.15) is 5.26 Å². The van der Waals surface area contributed by atoms with E-state index >= 15 is 0 Å². The van der Waals surface area contributed by atoms with Crippen LogP contribution in [0.4, 0.5) is 5.82 Å². The predicted molar refractivity (Wildman–Crippen MR) is 53.7 cm³/mol. The fourth-order valence-corrected chi connectivity index (χ4v) is 1.54. The van der Waals surface area contributed by atoms with E-state index in [1.54, 1.807) is 16.7 Å². The largest absolute Gasteiger partial charge is 0.383 e. The zero-order valence-corrected chi connectivity index (χ0v) is 7.86. The Morgan fingerprint density at radius 2 is 2.36 bits per heavy atom. The highest BCUT2D eigenvalue weighted by atomic mass is 15.1. The second-order valence-corrected chi connectivity index (χ2v) is 3.05. The van der Waals surface area contributed by atoms with E-state index in [-0.39, 0.29) is 0 Å². The van der Waals surface area contributed by atoms with Crippen molar-refractivity contribution < 1.29 is 0 Å². The van der Waals surface area contributed by atoms with Gasteiger partial charge in [0.1, 0.15) is 23.2 Å². The molecule has 0 fully saturated rings. The summed E-state index contributed by atoms with van der Waals surface area (Å²) in [6.07, 6.45) is 2.46. The van der Waals surface area contributed by atoms with Crippen molar-refractivity contribution in [2.24, 2.45) is 0 Å². The smallest absolute Gasteiger partial charge is 0.142 e. The number of pyridine rings is 1. The summed E-state index contributed by atoms with van der Waals surface area (Å²) in [6, 6.07) is 5.78. The van der Waals surface area contributed by atoms with Gasteiger partial charge >= 0.3 is 0 Å². The Morgan fingerprint density at radius 3 is 3.00 bits per heavy atom. The van der Waals surface area contributed by atoms with E-state index < -0.39 is 0 Å². The lowest BCUT2D eigenvalue weighted by molar-refractivity contribution is 1.07. The van der Waals surface area contributed by atoms with Crippen molar-refractivity contribution in [2.75, 3.05) is 5.73 Å². The third kappa shape index (κ3) is 1.03. The van der Waals surface area contributed by atoms with E-state index in [0.717, 1.165) is 17.6 Å². The third-order valence-electron chi connectivity index (χ3n) is 2.26. The van der Waals surface area contributed by atoms with Crippen LogP contribution in [0.25, 0.3) is 5.65 Å². The fourth-order valence-electron chi connectivity index (χ4n) is 1.54. The third-order valence-corrected chi connectivity index (χ3v) is 2.26. The van der Waals surface area contributed by atoms with Gasteiger partial charge in [-0.05, 0) is 18.1 Å². The first kappa shape index (κ1) is 8.57. The molecule has 2 heterocycles. The summed E-state index contributed by atoms with van der Waals surface area (Å²) in [6.45, 7) is 2.05. The van der Waals surface area contributed by atoms with Crippen LogP contribution in [0.5, 0.6) is 0 Å². The van der Waals surface area contributed by atoms with Crippen LogP contribution in [-0.4, -0.2) is 9.38 Å². The molecule has 0 radical (unpaired) electrons. The van der Waals surface area contributed by atoms with Gasteiger partial charge in [0.15, 0.2) is 0 Å². The van der Waals surface area contributed by atoms with Crippen LogP contribution in [0.2, 0.25) is 0 Å². The fraction of sp³-hybridized carbons (Fsp3) is 0.200. The summed E-state index contributed by atoms with van der Waals surface area (Å²) in [5.41, 5.74) is 8.13. The lowest BCUT2D eigenvalue weighted by Gasteiger charge is -2.03. The number of aromatic nitrogens is 2. The lowest BCUT2D eigenvalue weighted by Crippen LogP contribution is -1.99. The predicted octanol–water partition coefficient (Wildman–Crippen LogP) is 1.35. The molecule has 0 atom stereocenters. The molecule has 0 spiro atoms. The normalized spacial score (nSPS) is 10.3. The molecule has 2 aromatic rings. The van der Waals surface area contributed by atoms with Gasteiger partial charge in [-0.15, -0.1) is 0 Å². The second-order valence-electron chi connectivity index (χ2n) is 3.05. The van der Waals surface area contributed by atoms with Crippen molar-refractivity contribution in [2.45, 2.75) is 13.3 Å². The number of aryl methyl sites for hydroxylation is 1. The Hall–Kier alpha value is -2.02. The highest BCUT2D eigenvalue weighted by Gasteiger charge is 2.07. The second kappa shape index (κ2) is 3.04. The first-order valence-electron chi connectivity index (χ1n) is 4.42. The molecule has 0 saturated carbocycles. The maximum atomic E-state index is 8.89. The summed E-state index contributed by atoms with van der Waals surface area (Å²) < 4.78 is 1.68. The highest BCUT2D eigenvalue weighted by Crippen LogP contribution is 2.16. The zero-order valence-electron chi connectivity index (χ0n) is 7.86. The number of nitriles is 1. The molecular weight excluding hydrogens is 176 g/mol. The summed E-state index contributed by atoms with van der Waals surface area (Å²) in [7, 11) is 0. The summed E-state index contributed by atoms with van der Waals surface area (Å²) in [4.78, 5) is 4.18. The molecule has 0 aliphatic rings. The quantitative estimate of drug-likeness (QED) is 0.731. The van der Waals surface area contributed by atoms with Gasteiger partial charge in [0, 0.05) is 0 Å².